The molecule has 1 fully saturated rings. The van der Waals surface area contributed by atoms with Crippen LogP contribution in [0.1, 0.15) is 13.3 Å². The molecule has 0 aromatic heterocycles. The van der Waals surface area contributed by atoms with Gasteiger partial charge >= 0.3 is 0 Å². The Labute approximate surface area is 55.2 Å². The van der Waals surface area contributed by atoms with Crippen molar-refractivity contribution in [2.24, 2.45) is 0 Å². The lowest BCUT2D eigenvalue weighted by Gasteiger charge is -2.11. The summed E-state index contributed by atoms with van der Waals surface area (Å²) in [5.41, 5.74) is 0.921. The normalized spacial score (nSPS) is 34.1. The summed E-state index contributed by atoms with van der Waals surface area (Å²) in [6.45, 7) is 2.91. The van der Waals surface area contributed by atoms with Gasteiger partial charge in [-0.1, -0.05) is 0 Å². The van der Waals surface area contributed by atoms with Crippen LogP contribution in [0.5, 0.6) is 0 Å². The van der Waals surface area contributed by atoms with Crippen LogP contribution in [-0.4, -0.2) is 24.5 Å². The third-order valence-electron chi connectivity index (χ3n) is 1.92. The zero-order valence-electron chi connectivity index (χ0n) is 5.89. The summed E-state index contributed by atoms with van der Waals surface area (Å²) >= 11 is 0. The highest BCUT2D eigenvalue weighted by Gasteiger charge is 2.19. The van der Waals surface area contributed by atoms with Gasteiger partial charge in [0.2, 0.25) is 0 Å². The SMILES string of the molecule is CC1C/C(=C\F)CN1C. The molecule has 0 spiro atoms. The standard InChI is InChI=1S/C7H12FN/c1-6-3-7(4-8)5-9(6)2/h4,6H,3,5H2,1-2H3/b7-4+. The van der Waals surface area contributed by atoms with E-state index in [0.29, 0.717) is 6.04 Å². The van der Waals surface area contributed by atoms with Crippen LogP contribution in [0.2, 0.25) is 0 Å². The van der Waals surface area contributed by atoms with E-state index >= 15 is 0 Å². The molecule has 1 aliphatic rings. The Hall–Kier alpha value is -0.370. The molecule has 2 heteroatoms. The van der Waals surface area contributed by atoms with E-state index in [1.165, 1.54) is 0 Å². The third kappa shape index (κ3) is 1.30. The van der Waals surface area contributed by atoms with E-state index in [4.69, 9.17) is 0 Å². The van der Waals surface area contributed by atoms with Crippen LogP contribution >= 0.6 is 0 Å². The van der Waals surface area contributed by atoms with Gasteiger partial charge in [-0.05, 0) is 26.0 Å². The summed E-state index contributed by atoms with van der Waals surface area (Å²) in [4.78, 5) is 2.14. The molecule has 52 valence electrons. The average molecular weight is 129 g/mol. The quantitative estimate of drug-likeness (QED) is 0.480. The summed E-state index contributed by atoms with van der Waals surface area (Å²) in [7, 11) is 2.02. The van der Waals surface area contributed by atoms with Crippen molar-refractivity contribution in [3.63, 3.8) is 0 Å². The molecule has 0 N–H and O–H groups in total. The molecule has 0 aromatic rings. The van der Waals surface area contributed by atoms with Gasteiger partial charge in [0.15, 0.2) is 0 Å². The van der Waals surface area contributed by atoms with Crippen LogP contribution in [0.15, 0.2) is 11.9 Å². The first-order valence-electron chi connectivity index (χ1n) is 3.22. The molecule has 1 unspecified atom stereocenters. The van der Waals surface area contributed by atoms with Crippen molar-refractivity contribution in [2.45, 2.75) is 19.4 Å². The predicted molar refractivity (Wildman–Crippen MR) is 35.9 cm³/mol. The van der Waals surface area contributed by atoms with E-state index in [2.05, 4.69) is 11.8 Å². The summed E-state index contributed by atoms with van der Waals surface area (Å²) < 4.78 is 11.9. The number of hydrogen-bond acceptors (Lipinski definition) is 1. The second kappa shape index (κ2) is 2.48. The van der Waals surface area contributed by atoms with Crippen LogP contribution in [0.25, 0.3) is 0 Å². The molecular formula is C7H12FN. The molecule has 1 nitrogen and oxygen atoms in total. The number of halogens is 1. The zero-order chi connectivity index (χ0) is 6.85. The van der Waals surface area contributed by atoms with E-state index in [1.54, 1.807) is 0 Å². The van der Waals surface area contributed by atoms with Gasteiger partial charge in [-0.15, -0.1) is 0 Å². The Balaban J connectivity index is 2.54. The van der Waals surface area contributed by atoms with E-state index in [-0.39, 0.29) is 0 Å². The monoisotopic (exact) mass is 129 g/mol. The molecule has 1 saturated heterocycles. The van der Waals surface area contributed by atoms with Gasteiger partial charge in [0.25, 0.3) is 0 Å². The molecule has 0 bridgehead atoms. The van der Waals surface area contributed by atoms with Crippen LogP contribution in [-0.2, 0) is 0 Å². The Morgan fingerprint density at radius 2 is 2.44 bits per heavy atom. The second-order valence-corrected chi connectivity index (χ2v) is 2.74. The molecule has 0 radical (unpaired) electrons. The minimum absolute atomic E-state index is 0.520. The number of likely N-dealkylation sites (tertiary alicyclic amines) is 1. The molecule has 9 heavy (non-hydrogen) atoms. The summed E-state index contributed by atoms with van der Waals surface area (Å²) in [6, 6.07) is 0.520. The Morgan fingerprint density at radius 1 is 1.78 bits per heavy atom. The molecule has 0 aliphatic carbocycles. The van der Waals surface area contributed by atoms with Crippen molar-refractivity contribution < 1.29 is 4.39 Å². The maximum Gasteiger partial charge on any atom is 0.0872 e. The second-order valence-electron chi connectivity index (χ2n) is 2.74. The summed E-state index contributed by atoms with van der Waals surface area (Å²) in [5.74, 6) is 0. The van der Waals surface area contributed by atoms with Gasteiger partial charge in [0.05, 0.1) is 6.33 Å². The maximum atomic E-state index is 11.9. The Kier molecular flexibility index (Phi) is 1.86. The van der Waals surface area contributed by atoms with Crippen molar-refractivity contribution in [1.82, 2.24) is 4.90 Å². The van der Waals surface area contributed by atoms with Crippen molar-refractivity contribution >= 4 is 0 Å². The minimum atomic E-state index is 0.520. The average Bonchev–Trinajstić information content (AvgIpc) is 2.13. The van der Waals surface area contributed by atoms with Crippen LogP contribution in [0.4, 0.5) is 4.39 Å². The number of rotatable bonds is 0. The highest BCUT2D eigenvalue weighted by molar-refractivity contribution is 5.08. The van der Waals surface area contributed by atoms with Crippen LogP contribution in [0, 0.1) is 0 Å². The lowest BCUT2D eigenvalue weighted by Crippen LogP contribution is -2.20. The molecule has 1 aliphatic heterocycles. The molecule has 1 rings (SSSR count). The summed E-state index contributed by atoms with van der Waals surface area (Å²) in [6.07, 6.45) is 1.63. The first-order chi connectivity index (χ1) is 4.24. The van der Waals surface area contributed by atoms with Crippen molar-refractivity contribution in [1.29, 1.82) is 0 Å². The van der Waals surface area contributed by atoms with Crippen molar-refractivity contribution in [3.05, 3.63) is 11.9 Å². The fourth-order valence-corrected chi connectivity index (χ4v) is 1.16. The van der Waals surface area contributed by atoms with Gasteiger partial charge < -0.3 is 0 Å². The van der Waals surface area contributed by atoms with E-state index < -0.39 is 0 Å². The smallest absolute Gasteiger partial charge is 0.0872 e. The first-order valence-corrected chi connectivity index (χ1v) is 3.22. The number of likely N-dealkylation sites (N-methyl/N-ethyl adjacent to an activating group) is 1. The van der Waals surface area contributed by atoms with E-state index in [9.17, 15) is 4.39 Å². The minimum Gasteiger partial charge on any atom is -0.299 e. The zero-order valence-corrected chi connectivity index (χ0v) is 5.89. The number of hydrogen-bond donors (Lipinski definition) is 0. The fourth-order valence-electron chi connectivity index (χ4n) is 1.16. The van der Waals surface area contributed by atoms with Gasteiger partial charge in [0.1, 0.15) is 0 Å². The lowest BCUT2D eigenvalue weighted by atomic mass is 10.2. The third-order valence-corrected chi connectivity index (χ3v) is 1.92. The molecule has 0 saturated carbocycles. The molecule has 1 atom stereocenters. The lowest BCUT2D eigenvalue weighted by molar-refractivity contribution is 0.332. The summed E-state index contributed by atoms with van der Waals surface area (Å²) in [5, 5.41) is 0. The predicted octanol–water partition coefficient (Wildman–Crippen LogP) is 1.56. The maximum absolute atomic E-state index is 11.9. The van der Waals surface area contributed by atoms with E-state index in [1.807, 2.05) is 7.05 Å². The molecule has 1 heterocycles. The van der Waals surface area contributed by atoms with Gasteiger partial charge in [-0.3, -0.25) is 4.90 Å². The van der Waals surface area contributed by atoms with E-state index in [0.717, 1.165) is 24.9 Å². The largest absolute Gasteiger partial charge is 0.299 e. The molecular weight excluding hydrogens is 117 g/mol. The van der Waals surface area contributed by atoms with Gasteiger partial charge in [-0.25, -0.2) is 4.39 Å². The molecule has 0 amide bonds. The highest BCUT2D eigenvalue weighted by Crippen LogP contribution is 2.19. The Morgan fingerprint density at radius 3 is 2.67 bits per heavy atom. The molecule has 0 aromatic carbocycles. The van der Waals surface area contributed by atoms with Crippen LogP contribution < -0.4 is 0 Å². The van der Waals surface area contributed by atoms with Gasteiger partial charge in [-0.2, -0.15) is 0 Å². The topological polar surface area (TPSA) is 3.24 Å². The van der Waals surface area contributed by atoms with Crippen molar-refractivity contribution in [3.8, 4) is 0 Å². The van der Waals surface area contributed by atoms with Gasteiger partial charge in [0, 0.05) is 12.6 Å². The Bertz CT molecular complexity index is 119. The fraction of sp³-hybridized carbons (Fsp3) is 0.714. The first kappa shape index (κ1) is 6.75. The van der Waals surface area contributed by atoms with Crippen molar-refractivity contribution in [2.75, 3.05) is 13.6 Å². The van der Waals surface area contributed by atoms with Crippen LogP contribution in [0.3, 0.4) is 0 Å². The number of nitrogens with zero attached hydrogens (tertiary/aromatic N) is 1. The highest BCUT2D eigenvalue weighted by atomic mass is 19.1.